The number of carbonyl (C=O) groups excluding carboxylic acids is 1. The summed E-state index contributed by atoms with van der Waals surface area (Å²) < 4.78 is 2.23. The largest absolute Gasteiger partial charge is 0.338 e. The van der Waals surface area contributed by atoms with Crippen LogP contribution in [0.5, 0.6) is 0 Å². The molecule has 0 unspecified atom stereocenters. The Balaban J connectivity index is 2.01. The number of urea groups is 1. The molecule has 1 heterocycles. The zero-order chi connectivity index (χ0) is 17.7. The topological polar surface area (TPSA) is 46.1 Å². The van der Waals surface area contributed by atoms with Crippen molar-refractivity contribution in [2.75, 3.05) is 6.54 Å². The molecule has 4 heteroatoms. The molecular formula is C20H29N3O. The first-order valence-electron chi connectivity index (χ1n) is 8.65. The van der Waals surface area contributed by atoms with Gasteiger partial charge in [-0.3, -0.25) is 0 Å². The van der Waals surface area contributed by atoms with E-state index in [0.717, 1.165) is 17.7 Å². The van der Waals surface area contributed by atoms with Crippen LogP contribution in [-0.2, 0) is 6.54 Å². The molecule has 0 aliphatic heterocycles. The molecule has 2 amide bonds. The first-order chi connectivity index (χ1) is 11.4. The van der Waals surface area contributed by atoms with Crippen molar-refractivity contribution in [3.8, 4) is 5.69 Å². The molecule has 2 aromatic rings. The van der Waals surface area contributed by atoms with Crippen molar-refractivity contribution in [2.45, 2.75) is 47.6 Å². The van der Waals surface area contributed by atoms with Gasteiger partial charge in [-0.2, -0.15) is 0 Å². The number of benzene rings is 1. The first-order valence-corrected chi connectivity index (χ1v) is 8.65. The van der Waals surface area contributed by atoms with Crippen LogP contribution >= 0.6 is 0 Å². The number of aryl methyl sites for hydroxylation is 2. The molecule has 1 aromatic heterocycles. The Hall–Kier alpha value is -2.23. The Morgan fingerprint density at radius 3 is 2.38 bits per heavy atom. The van der Waals surface area contributed by atoms with E-state index in [0.29, 0.717) is 19.0 Å². The number of carbonyl (C=O) groups is 1. The van der Waals surface area contributed by atoms with Crippen LogP contribution in [0.15, 0.2) is 30.3 Å². The summed E-state index contributed by atoms with van der Waals surface area (Å²) >= 11 is 0. The van der Waals surface area contributed by atoms with E-state index in [1.807, 2.05) is 0 Å². The summed E-state index contributed by atoms with van der Waals surface area (Å²) in [4.78, 5) is 11.9. The third kappa shape index (κ3) is 4.63. The number of nitrogens with zero attached hydrogens (tertiary/aromatic N) is 1. The smallest absolute Gasteiger partial charge is 0.315 e. The second kappa shape index (κ2) is 8.04. The van der Waals surface area contributed by atoms with Crippen LogP contribution < -0.4 is 10.6 Å². The summed E-state index contributed by atoms with van der Waals surface area (Å²) in [5, 5.41) is 5.86. The predicted octanol–water partition coefficient (Wildman–Crippen LogP) is 4.25. The number of rotatable bonds is 6. The van der Waals surface area contributed by atoms with Gasteiger partial charge >= 0.3 is 6.03 Å². The van der Waals surface area contributed by atoms with Gasteiger partial charge in [-0.15, -0.1) is 0 Å². The standard InChI is InChI=1S/C20H29N3O/c1-14(2)10-11-21-20(24)22-13-18-12-16(4)23(17(18)5)19-8-6-15(3)7-9-19/h6-9,12,14H,10-11,13H2,1-5H3,(H2,21,22,24). The van der Waals surface area contributed by atoms with Crippen molar-refractivity contribution in [1.82, 2.24) is 15.2 Å². The highest BCUT2D eigenvalue weighted by Gasteiger charge is 2.11. The average molecular weight is 327 g/mol. The highest BCUT2D eigenvalue weighted by molar-refractivity contribution is 5.73. The maximum absolute atomic E-state index is 11.9. The molecule has 2 rings (SSSR count). The molecule has 0 saturated heterocycles. The molecule has 1 aromatic carbocycles. The van der Waals surface area contributed by atoms with Crippen LogP contribution in [0.3, 0.4) is 0 Å². The Kier molecular flexibility index (Phi) is 6.07. The first kappa shape index (κ1) is 18.1. The average Bonchev–Trinajstić information content (AvgIpc) is 2.80. The normalized spacial score (nSPS) is 10.9. The summed E-state index contributed by atoms with van der Waals surface area (Å²) in [5.74, 6) is 0.596. The number of amides is 2. The molecule has 0 aliphatic carbocycles. The van der Waals surface area contributed by atoms with Crippen molar-refractivity contribution >= 4 is 6.03 Å². The lowest BCUT2D eigenvalue weighted by molar-refractivity contribution is 0.240. The minimum Gasteiger partial charge on any atom is -0.338 e. The van der Waals surface area contributed by atoms with Crippen LogP contribution in [0.2, 0.25) is 0 Å². The van der Waals surface area contributed by atoms with Gasteiger partial charge in [0.1, 0.15) is 0 Å². The third-order valence-corrected chi connectivity index (χ3v) is 4.27. The summed E-state index contributed by atoms with van der Waals surface area (Å²) in [7, 11) is 0. The number of hydrogen-bond acceptors (Lipinski definition) is 1. The van der Waals surface area contributed by atoms with Gasteiger partial charge in [0, 0.05) is 30.2 Å². The Bertz CT molecular complexity index is 684. The summed E-state index contributed by atoms with van der Waals surface area (Å²) in [5.41, 5.74) is 5.89. The van der Waals surface area contributed by atoms with E-state index in [2.05, 4.69) is 80.2 Å². The second-order valence-corrected chi connectivity index (χ2v) is 6.86. The minimum absolute atomic E-state index is 0.101. The minimum atomic E-state index is -0.101. The summed E-state index contributed by atoms with van der Waals surface area (Å²) in [6.45, 7) is 11.8. The molecule has 0 saturated carbocycles. The molecule has 0 radical (unpaired) electrons. The quantitative estimate of drug-likeness (QED) is 0.818. The van der Waals surface area contributed by atoms with E-state index in [4.69, 9.17) is 0 Å². The molecule has 4 nitrogen and oxygen atoms in total. The van der Waals surface area contributed by atoms with Crippen molar-refractivity contribution in [2.24, 2.45) is 5.92 Å². The van der Waals surface area contributed by atoms with Crippen LogP contribution in [0.25, 0.3) is 5.69 Å². The number of nitrogens with one attached hydrogen (secondary N) is 2. The van der Waals surface area contributed by atoms with Crippen molar-refractivity contribution in [3.63, 3.8) is 0 Å². The molecule has 0 atom stereocenters. The van der Waals surface area contributed by atoms with Crippen molar-refractivity contribution in [3.05, 3.63) is 52.8 Å². The van der Waals surface area contributed by atoms with E-state index < -0.39 is 0 Å². The van der Waals surface area contributed by atoms with Crippen molar-refractivity contribution in [1.29, 1.82) is 0 Å². The second-order valence-electron chi connectivity index (χ2n) is 6.86. The van der Waals surface area contributed by atoms with Gasteiger partial charge in [-0.05, 0) is 56.9 Å². The number of hydrogen-bond donors (Lipinski definition) is 2. The number of aromatic nitrogens is 1. The molecule has 0 spiro atoms. The van der Waals surface area contributed by atoms with Crippen LogP contribution in [-0.4, -0.2) is 17.1 Å². The molecule has 2 N–H and O–H groups in total. The Morgan fingerprint density at radius 1 is 1.08 bits per heavy atom. The fraction of sp³-hybridized carbons (Fsp3) is 0.450. The lowest BCUT2D eigenvalue weighted by Gasteiger charge is -2.11. The van der Waals surface area contributed by atoms with Gasteiger partial charge < -0.3 is 15.2 Å². The lowest BCUT2D eigenvalue weighted by Crippen LogP contribution is -2.36. The highest BCUT2D eigenvalue weighted by Crippen LogP contribution is 2.21. The third-order valence-electron chi connectivity index (χ3n) is 4.27. The van der Waals surface area contributed by atoms with Crippen LogP contribution in [0, 0.1) is 26.7 Å². The Morgan fingerprint density at radius 2 is 1.75 bits per heavy atom. The zero-order valence-corrected chi connectivity index (χ0v) is 15.4. The van der Waals surface area contributed by atoms with E-state index in [1.165, 1.54) is 17.0 Å². The fourth-order valence-electron chi connectivity index (χ4n) is 2.81. The Labute approximate surface area is 145 Å². The predicted molar refractivity (Wildman–Crippen MR) is 99.7 cm³/mol. The van der Waals surface area contributed by atoms with E-state index >= 15 is 0 Å². The fourth-order valence-corrected chi connectivity index (χ4v) is 2.81. The van der Waals surface area contributed by atoms with Crippen LogP contribution in [0.1, 0.15) is 42.8 Å². The van der Waals surface area contributed by atoms with Gasteiger partial charge in [-0.25, -0.2) is 4.79 Å². The maximum Gasteiger partial charge on any atom is 0.315 e. The van der Waals surface area contributed by atoms with Gasteiger partial charge in [0.25, 0.3) is 0 Å². The maximum atomic E-state index is 11.9. The van der Waals surface area contributed by atoms with Crippen molar-refractivity contribution < 1.29 is 4.79 Å². The molecule has 0 fully saturated rings. The summed E-state index contributed by atoms with van der Waals surface area (Å²) in [6.07, 6.45) is 0.995. The SMILES string of the molecule is Cc1ccc(-n2c(C)cc(CNC(=O)NCCC(C)C)c2C)cc1. The molecule has 0 bridgehead atoms. The van der Waals surface area contributed by atoms with E-state index in [-0.39, 0.29) is 6.03 Å². The summed E-state index contributed by atoms with van der Waals surface area (Å²) in [6, 6.07) is 10.5. The van der Waals surface area contributed by atoms with Gasteiger partial charge in [-0.1, -0.05) is 31.5 Å². The van der Waals surface area contributed by atoms with Gasteiger partial charge in [0.15, 0.2) is 0 Å². The van der Waals surface area contributed by atoms with E-state index in [9.17, 15) is 4.79 Å². The monoisotopic (exact) mass is 327 g/mol. The molecular weight excluding hydrogens is 298 g/mol. The molecule has 0 aliphatic rings. The van der Waals surface area contributed by atoms with Gasteiger partial charge in [0.2, 0.25) is 0 Å². The molecule has 130 valence electrons. The lowest BCUT2D eigenvalue weighted by atomic mass is 10.1. The van der Waals surface area contributed by atoms with Crippen LogP contribution in [0.4, 0.5) is 4.79 Å². The zero-order valence-electron chi connectivity index (χ0n) is 15.4. The van der Waals surface area contributed by atoms with Gasteiger partial charge in [0.05, 0.1) is 0 Å². The van der Waals surface area contributed by atoms with E-state index in [1.54, 1.807) is 0 Å². The highest BCUT2D eigenvalue weighted by atomic mass is 16.2. The molecule has 24 heavy (non-hydrogen) atoms.